The number of hydrogen-bond donors (Lipinski definition) is 1. The Morgan fingerprint density at radius 3 is 2.37 bits per heavy atom. The lowest BCUT2D eigenvalue weighted by Gasteiger charge is -2.31. The van der Waals surface area contributed by atoms with Crippen molar-refractivity contribution in [2.45, 2.75) is 30.8 Å². The molecule has 2 aliphatic rings. The van der Waals surface area contributed by atoms with Crippen LogP contribution in [0.5, 0.6) is 5.75 Å². The van der Waals surface area contributed by atoms with Crippen molar-refractivity contribution in [3.05, 3.63) is 52.8 Å². The Hall–Kier alpha value is -2.86. The minimum atomic E-state index is -6.04. The molecule has 1 N–H and O–H groups in total. The molecular weight excluding hydrogens is 482 g/mol. The molecule has 35 heavy (non-hydrogen) atoms. The van der Waals surface area contributed by atoms with E-state index >= 15 is 0 Å². The molecule has 1 aliphatic heterocycles. The Bertz CT molecular complexity index is 1100. The van der Waals surface area contributed by atoms with Crippen molar-refractivity contribution in [1.82, 2.24) is 4.98 Å². The molecule has 190 valence electrons. The molecule has 1 saturated heterocycles. The highest BCUT2D eigenvalue weighted by Gasteiger charge is 2.72. The van der Waals surface area contributed by atoms with E-state index in [9.17, 15) is 36.2 Å². The van der Waals surface area contributed by atoms with Gasteiger partial charge in [0.15, 0.2) is 5.78 Å². The SMILES string of the molecule is COc1cc2c(cc1N1CCOCC1)CC(Cc1cccc(C(O)(C(F)(F)F)C(F)(F)F)n1)C2=O. The van der Waals surface area contributed by atoms with Crippen LogP contribution in [0, 0.1) is 5.92 Å². The number of alkyl halides is 6. The summed E-state index contributed by atoms with van der Waals surface area (Å²) < 4.78 is 90.2. The molecule has 12 heteroatoms. The van der Waals surface area contributed by atoms with Crippen LogP contribution in [0.25, 0.3) is 0 Å². The average Bonchev–Trinajstić information content (AvgIpc) is 3.11. The minimum absolute atomic E-state index is 0.166. The van der Waals surface area contributed by atoms with Gasteiger partial charge in [0.25, 0.3) is 5.60 Å². The molecule has 1 atom stereocenters. The number of carbonyl (C=O) groups excluding carboxylic acids is 1. The number of pyridine rings is 1. The van der Waals surface area contributed by atoms with Crippen LogP contribution in [-0.2, 0) is 23.2 Å². The number of halogens is 6. The maximum absolute atomic E-state index is 13.2. The Labute approximate surface area is 196 Å². The van der Waals surface area contributed by atoms with Crippen LogP contribution in [0.3, 0.4) is 0 Å². The van der Waals surface area contributed by atoms with E-state index in [4.69, 9.17) is 9.47 Å². The van der Waals surface area contributed by atoms with Gasteiger partial charge in [-0.05, 0) is 36.2 Å². The predicted molar refractivity (Wildman–Crippen MR) is 111 cm³/mol. The van der Waals surface area contributed by atoms with E-state index < -0.39 is 29.6 Å². The number of methoxy groups -OCH3 is 1. The van der Waals surface area contributed by atoms with Gasteiger partial charge in [-0.3, -0.25) is 9.78 Å². The molecule has 1 unspecified atom stereocenters. The van der Waals surface area contributed by atoms with Crippen molar-refractivity contribution in [3.63, 3.8) is 0 Å². The van der Waals surface area contributed by atoms with Crippen molar-refractivity contribution in [1.29, 1.82) is 0 Å². The molecule has 0 spiro atoms. The predicted octanol–water partition coefficient (Wildman–Crippen LogP) is 3.84. The molecule has 1 aromatic carbocycles. The number of aliphatic hydroxyl groups is 1. The number of nitrogens with zero attached hydrogens (tertiary/aromatic N) is 2. The van der Waals surface area contributed by atoms with Gasteiger partial charge in [0, 0.05) is 36.7 Å². The zero-order valence-corrected chi connectivity index (χ0v) is 18.5. The van der Waals surface area contributed by atoms with E-state index in [0.717, 1.165) is 11.8 Å². The fraction of sp³-hybridized carbons (Fsp3) is 0.478. The molecule has 0 radical (unpaired) electrons. The van der Waals surface area contributed by atoms with Crippen molar-refractivity contribution in [2.75, 3.05) is 38.3 Å². The number of hydrogen-bond acceptors (Lipinski definition) is 6. The number of anilines is 1. The highest BCUT2D eigenvalue weighted by Crippen LogP contribution is 2.49. The van der Waals surface area contributed by atoms with Crippen LogP contribution in [0.1, 0.15) is 27.3 Å². The van der Waals surface area contributed by atoms with E-state index in [2.05, 4.69) is 9.88 Å². The summed E-state index contributed by atoms with van der Waals surface area (Å²) in [6.45, 7) is 2.33. The molecule has 6 nitrogen and oxygen atoms in total. The molecule has 2 aromatic rings. The van der Waals surface area contributed by atoms with E-state index in [1.807, 2.05) is 6.07 Å². The fourth-order valence-corrected chi connectivity index (χ4v) is 4.47. The average molecular weight is 504 g/mol. The van der Waals surface area contributed by atoms with Crippen molar-refractivity contribution < 1.29 is 45.7 Å². The van der Waals surface area contributed by atoms with Gasteiger partial charge in [0.2, 0.25) is 0 Å². The van der Waals surface area contributed by atoms with E-state index in [1.54, 1.807) is 6.07 Å². The molecule has 4 rings (SSSR count). The third-order valence-electron chi connectivity index (χ3n) is 6.31. The maximum atomic E-state index is 13.2. The summed E-state index contributed by atoms with van der Waals surface area (Å²) in [7, 11) is 1.47. The number of rotatable bonds is 5. The standard InChI is InChI=1S/C23H22F6N2O4/c1-34-18-12-16-13(11-17(18)31-5-7-35-8-6-31)9-14(20(16)32)10-15-3-2-4-19(30-15)21(33,22(24,25)26)23(27,28)29/h2-4,11-12,14,33H,5-10H2,1H3. The first-order valence-corrected chi connectivity index (χ1v) is 10.8. The summed E-state index contributed by atoms with van der Waals surface area (Å²) in [4.78, 5) is 18.6. The molecule has 0 bridgehead atoms. The second kappa shape index (κ2) is 8.98. The highest BCUT2D eigenvalue weighted by atomic mass is 19.4. The van der Waals surface area contributed by atoms with Gasteiger partial charge in [0.1, 0.15) is 5.75 Å². The van der Waals surface area contributed by atoms with Crippen LogP contribution < -0.4 is 9.64 Å². The Balaban J connectivity index is 1.61. The number of morpholine rings is 1. The number of benzene rings is 1. The zero-order valence-electron chi connectivity index (χ0n) is 18.5. The van der Waals surface area contributed by atoms with Gasteiger partial charge in [-0.15, -0.1) is 0 Å². The van der Waals surface area contributed by atoms with Gasteiger partial charge in [-0.25, -0.2) is 0 Å². The normalized spacial score (nSPS) is 19.1. The van der Waals surface area contributed by atoms with Gasteiger partial charge >= 0.3 is 12.4 Å². The van der Waals surface area contributed by atoms with E-state index in [1.165, 1.54) is 13.2 Å². The summed E-state index contributed by atoms with van der Waals surface area (Å²) in [5.74, 6) is -0.552. The first-order chi connectivity index (χ1) is 16.4. The second-order valence-corrected chi connectivity index (χ2v) is 8.47. The van der Waals surface area contributed by atoms with Gasteiger partial charge in [-0.1, -0.05) is 6.07 Å². The van der Waals surface area contributed by atoms with E-state index in [0.29, 0.717) is 49.2 Å². The fourth-order valence-electron chi connectivity index (χ4n) is 4.47. The van der Waals surface area contributed by atoms with Gasteiger partial charge in [0.05, 0.1) is 31.7 Å². The lowest BCUT2D eigenvalue weighted by molar-refractivity contribution is -0.377. The van der Waals surface area contributed by atoms with Crippen LogP contribution in [-0.4, -0.2) is 61.6 Å². The molecular formula is C23H22F6N2O4. The summed E-state index contributed by atoms with van der Waals surface area (Å²) in [6.07, 6.45) is -12.0. The van der Waals surface area contributed by atoms with Crippen molar-refractivity contribution >= 4 is 11.5 Å². The summed E-state index contributed by atoms with van der Waals surface area (Å²) in [6, 6.07) is 6.08. The minimum Gasteiger partial charge on any atom is -0.495 e. The van der Waals surface area contributed by atoms with Gasteiger partial charge < -0.3 is 19.5 Å². The third-order valence-corrected chi connectivity index (χ3v) is 6.31. The van der Waals surface area contributed by atoms with Crippen LogP contribution >= 0.6 is 0 Å². The number of Topliss-reactive ketones (excluding diaryl/α,β-unsaturated/α-hetero) is 1. The molecule has 1 fully saturated rings. The number of ketones is 1. The zero-order chi connectivity index (χ0) is 25.6. The second-order valence-electron chi connectivity index (χ2n) is 8.47. The Morgan fingerprint density at radius 2 is 1.77 bits per heavy atom. The summed E-state index contributed by atoms with van der Waals surface area (Å²) in [5.41, 5.74) is -5.00. The number of ether oxygens (including phenoxy) is 2. The van der Waals surface area contributed by atoms with Crippen molar-refractivity contribution in [2.24, 2.45) is 5.92 Å². The smallest absolute Gasteiger partial charge is 0.432 e. The number of fused-ring (bicyclic) bond motifs is 1. The first kappa shape index (κ1) is 25.2. The van der Waals surface area contributed by atoms with Crippen molar-refractivity contribution in [3.8, 4) is 5.75 Å². The quantitative estimate of drug-likeness (QED) is 0.625. The maximum Gasteiger partial charge on any atom is 0.432 e. The molecule has 1 aromatic heterocycles. The topological polar surface area (TPSA) is 71.9 Å². The molecule has 0 saturated carbocycles. The summed E-state index contributed by atoms with van der Waals surface area (Å²) in [5, 5.41) is 9.64. The lowest BCUT2D eigenvalue weighted by atomic mass is 9.95. The summed E-state index contributed by atoms with van der Waals surface area (Å²) >= 11 is 0. The number of carbonyl (C=O) groups is 1. The first-order valence-electron chi connectivity index (χ1n) is 10.8. The molecule has 2 heterocycles. The number of aromatic nitrogens is 1. The van der Waals surface area contributed by atoms with Gasteiger partial charge in [-0.2, -0.15) is 26.3 Å². The Morgan fingerprint density at radius 1 is 1.11 bits per heavy atom. The largest absolute Gasteiger partial charge is 0.495 e. The molecule has 0 amide bonds. The highest BCUT2D eigenvalue weighted by molar-refractivity contribution is 6.03. The third kappa shape index (κ3) is 4.44. The van der Waals surface area contributed by atoms with Crippen LogP contribution in [0.15, 0.2) is 30.3 Å². The van der Waals surface area contributed by atoms with E-state index in [-0.39, 0.29) is 24.3 Å². The monoisotopic (exact) mass is 504 g/mol. The van der Waals surface area contributed by atoms with Crippen LogP contribution in [0.2, 0.25) is 0 Å². The molecule has 1 aliphatic carbocycles. The van der Waals surface area contributed by atoms with Crippen LogP contribution in [0.4, 0.5) is 32.0 Å². The lowest BCUT2D eigenvalue weighted by Crippen LogP contribution is -2.54. The Kier molecular flexibility index (Phi) is 6.47.